The standard InChI is InChI=1S/C19H21N5/c1-3-16-6-4-5-14(2)18(16)23-17-9-12-21-19(24-17)22-13-15-7-10-20-11-8-15/h4-12H,3,13H2,1-2H3,(H2,21,22,23,24). The third-order valence-electron chi connectivity index (χ3n) is 3.85. The zero-order chi connectivity index (χ0) is 16.8. The van der Waals surface area contributed by atoms with Crippen molar-refractivity contribution < 1.29 is 0 Å². The first-order valence-electron chi connectivity index (χ1n) is 8.07. The molecule has 0 saturated carbocycles. The monoisotopic (exact) mass is 319 g/mol. The van der Waals surface area contributed by atoms with Crippen LogP contribution < -0.4 is 10.6 Å². The van der Waals surface area contributed by atoms with Crippen LogP contribution in [0.2, 0.25) is 0 Å². The van der Waals surface area contributed by atoms with Gasteiger partial charge in [-0.2, -0.15) is 4.98 Å². The topological polar surface area (TPSA) is 62.7 Å². The van der Waals surface area contributed by atoms with Crippen LogP contribution in [0.3, 0.4) is 0 Å². The summed E-state index contributed by atoms with van der Waals surface area (Å²) >= 11 is 0. The van der Waals surface area contributed by atoms with Gasteiger partial charge in [0.1, 0.15) is 5.82 Å². The number of para-hydroxylation sites is 1. The Hall–Kier alpha value is -2.95. The smallest absolute Gasteiger partial charge is 0.224 e. The number of hydrogen-bond acceptors (Lipinski definition) is 5. The van der Waals surface area contributed by atoms with Gasteiger partial charge >= 0.3 is 0 Å². The van der Waals surface area contributed by atoms with Gasteiger partial charge < -0.3 is 10.6 Å². The van der Waals surface area contributed by atoms with Crippen LogP contribution >= 0.6 is 0 Å². The minimum Gasteiger partial charge on any atom is -0.350 e. The predicted molar refractivity (Wildman–Crippen MR) is 97.4 cm³/mol. The highest BCUT2D eigenvalue weighted by Gasteiger charge is 2.06. The Morgan fingerprint density at radius 3 is 2.62 bits per heavy atom. The van der Waals surface area contributed by atoms with Crippen molar-refractivity contribution in [3.8, 4) is 0 Å². The normalized spacial score (nSPS) is 10.4. The molecular formula is C19H21N5. The number of nitrogens with one attached hydrogen (secondary N) is 2. The molecule has 0 aliphatic heterocycles. The quantitative estimate of drug-likeness (QED) is 0.716. The number of benzene rings is 1. The molecule has 3 rings (SSSR count). The van der Waals surface area contributed by atoms with Gasteiger partial charge in [0.05, 0.1) is 0 Å². The maximum Gasteiger partial charge on any atom is 0.224 e. The Kier molecular flexibility index (Phi) is 5.01. The number of anilines is 3. The Balaban J connectivity index is 1.74. The minimum atomic E-state index is 0.600. The van der Waals surface area contributed by atoms with Crippen LogP contribution in [0.1, 0.15) is 23.6 Å². The summed E-state index contributed by atoms with van der Waals surface area (Å²) < 4.78 is 0. The Morgan fingerprint density at radius 1 is 1.00 bits per heavy atom. The fourth-order valence-electron chi connectivity index (χ4n) is 2.53. The molecule has 0 unspecified atom stereocenters. The van der Waals surface area contributed by atoms with Crippen molar-refractivity contribution in [2.75, 3.05) is 10.6 Å². The summed E-state index contributed by atoms with van der Waals surface area (Å²) in [5, 5.41) is 6.67. The average molecular weight is 319 g/mol. The van der Waals surface area contributed by atoms with Gasteiger partial charge in [0.25, 0.3) is 0 Å². The van der Waals surface area contributed by atoms with Crippen LogP contribution in [0.15, 0.2) is 55.0 Å². The van der Waals surface area contributed by atoms with E-state index in [9.17, 15) is 0 Å². The summed E-state index contributed by atoms with van der Waals surface area (Å²) in [6, 6.07) is 12.1. The predicted octanol–water partition coefficient (Wildman–Crippen LogP) is 4.10. The second-order valence-electron chi connectivity index (χ2n) is 5.56. The molecule has 2 N–H and O–H groups in total. The van der Waals surface area contributed by atoms with Crippen LogP contribution in [-0.4, -0.2) is 15.0 Å². The molecule has 0 spiro atoms. The molecule has 0 bridgehead atoms. The summed E-state index contributed by atoms with van der Waals surface area (Å²) in [6.45, 7) is 4.92. The van der Waals surface area contributed by atoms with Gasteiger partial charge in [-0.05, 0) is 48.2 Å². The summed E-state index contributed by atoms with van der Waals surface area (Å²) in [4.78, 5) is 12.9. The molecule has 3 aromatic rings. The van der Waals surface area contributed by atoms with Gasteiger partial charge in [0.15, 0.2) is 0 Å². The van der Waals surface area contributed by atoms with Crippen molar-refractivity contribution in [2.24, 2.45) is 0 Å². The number of aromatic nitrogens is 3. The van der Waals surface area contributed by atoms with E-state index in [-0.39, 0.29) is 0 Å². The molecular weight excluding hydrogens is 298 g/mol. The first kappa shape index (κ1) is 15.9. The van der Waals surface area contributed by atoms with Crippen molar-refractivity contribution in [1.29, 1.82) is 0 Å². The minimum absolute atomic E-state index is 0.600. The average Bonchev–Trinajstić information content (AvgIpc) is 2.63. The first-order valence-corrected chi connectivity index (χ1v) is 8.07. The van der Waals surface area contributed by atoms with E-state index in [1.807, 2.05) is 18.2 Å². The molecule has 5 heteroatoms. The summed E-state index contributed by atoms with van der Waals surface area (Å²) in [5.74, 6) is 1.38. The third kappa shape index (κ3) is 3.87. The lowest BCUT2D eigenvalue weighted by Crippen LogP contribution is -2.06. The Labute approximate surface area is 142 Å². The van der Waals surface area contributed by atoms with E-state index in [2.05, 4.69) is 57.6 Å². The van der Waals surface area contributed by atoms with E-state index in [1.165, 1.54) is 11.1 Å². The van der Waals surface area contributed by atoms with Gasteiger partial charge in [-0.3, -0.25) is 4.98 Å². The molecule has 1 aromatic carbocycles. The van der Waals surface area contributed by atoms with Crippen molar-refractivity contribution in [2.45, 2.75) is 26.8 Å². The fourth-order valence-corrected chi connectivity index (χ4v) is 2.53. The van der Waals surface area contributed by atoms with E-state index >= 15 is 0 Å². The lowest BCUT2D eigenvalue weighted by molar-refractivity contribution is 1.05. The molecule has 0 atom stereocenters. The van der Waals surface area contributed by atoms with Crippen molar-refractivity contribution >= 4 is 17.5 Å². The van der Waals surface area contributed by atoms with Crippen molar-refractivity contribution in [3.05, 3.63) is 71.7 Å². The molecule has 5 nitrogen and oxygen atoms in total. The number of pyridine rings is 1. The number of aryl methyl sites for hydroxylation is 2. The molecule has 0 fully saturated rings. The largest absolute Gasteiger partial charge is 0.350 e. The fraction of sp³-hybridized carbons (Fsp3) is 0.211. The zero-order valence-electron chi connectivity index (χ0n) is 14.0. The Bertz CT molecular complexity index is 802. The maximum absolute atomic E-state index is 4.55. The molecule has 2 aromatic heterocycles. The van der Waals surface area contributed by atoms with Crippen LogP contribution in [0.5, 0.6) is 0 Å². The molecule has 0 aliphatic rings. The highest BCUT2D eigenvalue weighted by molar-refractivity contribution is 5.65. The first-order chi connectivity index (χ1) is 11.8. The number of rotatable bonds is 6. The van der Waals surface area contributed by atoms with Gasteiger partial charge in [-0.25, -0.2) is 4.98 Å². The van der Waals surface area contributed by atoms with Gasteiger partial charge in [0, 0.05) is 30.8 Å². The van der Waals surface area contributed by atoms with E-state index < -0.39 is 0 Å². The van der Waals surface area contributed by atoms with Crippen LogP contribution in [0, 0.1) is 6.92 Å². The third-order valence-corrected chi connectivity index (χ3v) is 3.85. The number of nitrogens with zero attached hydrogens (tertiary/aromatic N) is 3. The molecule has 122 valence electrons. The SMILES string of the molecule is CCc1cccc(C)c1Nc1ccnc(NCc2ccncc2)n1. The zero-order valence-corrected chi connectivity index (χ0v) is 14.0. The summed E-state index contributed by atoms with van der Waals surface area (Å²) in [5.41, 5.74) is 4.75. The second kappa shape index (κ2) is 7.55. The van der Waals surface area contributed by atoms with Crippen LogP contribution in [0.4, 0.5) is 17.5 Å². The molecule has 0 aliphatic carbocycles. The van der Waals surface area contributed by atoms with E-state index in [0.717, 1.165) is 23.5 Å². The van der Waals surface area contributed by atoms with E-state index in [0.29, 0.717) is 12.5 Å². The van der Waals surface area contributed by atoms with E-state index in [4.69, 9.17) is 0 Å². The lowest BCUT2D eigenvalue weighted by Gasteiger charge is -2.14. The van der Waals surface area contributed by atoms with Gasteiger partial charge in [0.2, 0.25) is 5.95 Å². The summed E-state index contributed by atoms with van der Waals surface area (Å²) in [7, 11) is 0. The lowest BCUT2D eigenvalue weighted by atomic mass is 10.1. The molecule has 0 amide bonds. The van der Waals surface area contributed by atoms with Crippen LogP contribution in [-0.2, 0) is 13.0 Å². The van der Waals surface area contributed by atoms with Gasteiger partial charge in [-0.15, -0.1) is 0 Å². The van der Waals surface area contributed by atoms with E-state index in [1.54, 1.807) is 18.6 Å². The van der Waals surface area contributed by atoms with Crippen molar-refractivity contribution in [3.63, 3.8) is 0 Å². The van der Waals surface area contributed by atoms with Gasteiger partial charge in [-0.1, -0.05) is 25.1 Å². The molecule has 24 heavy (non-hydrogen) atoms. The summed E-state index contributed by atoms with van der Waals surface area (Å²) in [6.07, 6.45) is 6.29. The highest BCUT2D eigenvalue weighted by Crippen LogP contribution is 2.24. The second-order valence-corrected chi connectivity index (χ2v) is 5.56. The Morgan fingerprint density at radius 2 is 1.83 bits per heavy atom. The molecule has 0 radical (unpaired) electrons. The molecule has 0 saturated heterocycles. The molecule has 2 heterocycles. The van der Waals surface area contributed by atoms with Crippen LogP contribution in [0.25, 0.3) is 0 Å². The highest BCUT2D eigenvalue weighted by atomic mass is 15.1. The maximum atomic E-state index is 4.55. The van der Waals surface area contributed by atoms with Crippen molar-refractivity contribution in [1.82, 2.24) is 15.0 Å². The number of hydrogen-bond donors (Lipinski definition) is 2.